The number of hydrogen-bond donors (Lipinski definition) is 1. The zero-order valence-corrected chi connectivity index (χ0v) is 10.9. The first kappa shape index (κ1) is 13.8. The lowest BCUT2D eigenvalue weighted by Crippen LogP contribution is -2.05. The maximum atomic E-state index is 12.3. The van der Waals surface area contributed by atoms with E-state index < -0.39 is 11.9 Å². The van der Waals surface area contributed by atoms with E-state index in [0.29, 0.717) is 10.6 Å². The monoisotopic (exact) mass is 305 g/mol. The van der Waals surface area contributed by atoms with Crippen LogP contribution in [0.25, 0.3) is 0 Å². The van der Waals surface area contributed by atoms with Gasteiger partial charge in [-0.2, -0.15) is 18.3 Å². The first-order valence-corrected chi connectivity index (χ1v) is 6.29. The first-order valence-electron chi connectivity index (χ1n) is 5.03. The highest BCUT2D eigenvalue weighted by molar-refractivity contribution is 7.13. The summed E-state index contributed by atoms with van der Waals surface area (Å²) in [7, 11) is 0. The predicted molar refractivity (Wildman–Crippen MR) is 69.8 cm³/mol. The number of hydrogen-bond acceptors (Lipinski definition) is 4. The van der Waals surface area contributed by atoms with E-state index in [0.717, 1.165) is 16.7 Å². The molecule has 0 fully saturated rings. The van der Waals surface area contributed by atoms with E-state index in [9.17, 15) is 13.2 Å². The molecule has 2 rings (SSSR count). The van der Waals surface area contributed by atoms with Crippen LogP contribution in [-0.2, 0) is 6.18 Å². The largest absolute Gasteiger partial charge is 0.434 e. The molecule has 0 amide bonds. The normalized spacial score (nSPS) is 12.0. The van der Waals surface area contributed by atoms with Crippen LogP contribution < -0.4 is 5.43 Å². The maximum Gasteiger partial charge on any atom is 0.434 e. The van der Waals surface area contributed by atoms with E-state index in [-0.39, 0.29) is 5.13 Å². The minimum Gasteiger partial charge on any atom is -0.253 e. The number of nitrogens with zero attached hydrogens (tertiary/aromatic N) is 2. The Morgan fingerprint density at radius 3 is 2.68 bits per heavy atom. The number of rotatable bonds is 3. The van der Waals surface area contributed by atoms with Gasteiger partial charge in [0.05, 0.1) is 6.21 Å². The van der Waals surface area contributed by atoms with Crippen LogP contribution in [0.4, 0.5) is 18.3 Å². The summed E-state index contributed by atoms with van der Waals surface area (Å²) >= 11 is 6.72. The molecule has 1 aromatic heterocycles. The molecule has 8 heteroatoms. The molecule has 0 saturated carbocycles. The quantitative estimate of drug-likeness (QED) is 0.679. The Balaban J connectivity index is 2.03. The molecular formula is C11H7ClF3N3S. The Bertz CT molecular complexity index is 595. The van der Waals surface area contributed by atoms with Crippen LogP contribution in [-0.4, -0.2) is 11.2 Å². The number of hydrazone groups is 1. The highest BCUT2D eigenvalue weighted by Gasteiger charge is 2.33. The van der Waals surface area contributed by atoms with Gasteiger partial charge in [-0.3, -0.25) is 5.43 Å². The third-order valence-corrected chi connectivity index (χ3v) is 3.15. The highest BCUT2D eigenvalue weighted by atomic mass is 35.5. The van der Waals surface area contributed by atoms with Gasteiger partial charge in [0.2, 0.25) is 5.13 Å². The first-order chi connectivity index (χ1) is 8.97. The second-order valence-corrected chi connectivity index (χ2v) is 4.69. The van der Waals surface area contributed by atoms with Gasteiger partial charge in [-0.15, -0.1) is 11.3 Å². The molecule has 0 aliphatic rings. The van der Waals surface area contributed by atoms with Gasteiger partial charge in [0, 0.05) is 16.0 Å². The molecule has 0 spiro atoms. The van der Waals surface area contributed by atoms with Crippen LogP contribution in [0.5, 0.6) is 0 Å². The zero-order valence-electron chi connectivity index (χ0n) is 9.28. The average Bonchev–Trinajstić information content (AvgIpc) is 2.80. The van der Waals surface area contributed by atoms with Gasteiger partial charge in [0.1, 0.15) is 0 Å². The molecule has 100 valence electrons. The van der Waals surface area contributed by atoms with Gasteiger partial charge in [0.25, 0.3) is 0 Å². The Morgan fingerprint density at radius 1 is 1.32 bits per heavy atom. The molecule has 0 aliphatic carbocycles. The standard InChI is InChI=1S/C11H7ClF3N3S/c12-8-4-2-1-3-7(8)5-16-18-10-17-9(6-19-10)11(13,14)15/h1-6H,(H,17,18). The highest BCUT2D eigenvalue weighted by Crippen LogP contribution is 2.31. The lowest BCUT2D eigenvalue weighted by atomic mass is 10.2. The molecule has 0 atom stereocenters. The molecule has 0 bridgehead atoms. The van der Waals surface area contributed by atoms with Crippen LogP contribution in [0.2, 0.25) is 5.02 Å². The number of alkyl halides is 3. The van der Waals surface area contributed by atoms with Crippen molar-refractivity contribution in [1.29, 1.82) is 0 Å². The fourth-order valence-corrected chi connectivity index (χ4v) is 2.04. The fraction of sp³-hybridized carbons (Fsp3) is 0.0909. The van der Waals surface area contributed by atoms with Crippen LogP contribution >= 0.6 is 22.9 Å². The van der Waals surface area contributed by atoms with Crippen molar-refractivity contribution in [1.82, 2.24) is 4.98 Å². The Morgan fingerprint density at radius 2 is 2.05 bits per heavy atom. The topological polar surface area (TPSA) is 37.3 Å². The van der Waals surface area contributed by atoms with Crippen LogP contribution in [0.3, 0.4) is 0 Å². The Labute approximate surface area is 115 Å². The summed E-state index contributed by atoms with van der Waals surface area (Å²) in [6.07, 6.45) is -3.03. The Kier molecular flexibility index (Phi) is 4.06. The summed E-state index contributed by atoms with van der Waals surface area (Å²) in [6, 6.07) is 6.96. The molecule has 1 N–H and O–H groups in total. The second-order valence-electron chi connectivity index (χ2n) is 3.43. The number of anilines is 1. The van der Waals surface area contributed by atoms with Crippen molar-refractivity contribution in [3.05, 3.63) is 45.9 Å². The molecule has 3 nitrogen and oxygen atoms in total. The third-order valence-electron chi connectivity index (χ3n) is 2.06. The molecule has 0 saturated heterocycles. The van der Waals surface area contributed by atoms with Gasteiger partial charge in [0.15, 0.2) is 5.69 Å². The molecule has 0 aliphatic heterocycles. The second kappa shape index (κ2) is 5.58. The number of halogens is 4. The third kappa shape index (κ3) is 3.68. The van der Waals surface area contributed by atoms with E-state index >= 15 is 0 Å². The van der Waals surface area contributed by atoms with E-state index in [4.69, 9.17) is 11.6 Å². The van der Waals surface area contributed by atoms with Gasteiger partial charge in [-0.25, -0.2) is 4.98 Å². The van der Waals surface area contributed by atoms with Crippen molar-refractivity contribution in [3.63, 3.8) is 0 Å². The van der Waals surface area contributed by atoms with Crippen molar-refractivity contribution in [2.75, 3.05) is 5.43 Å². The van der Waals surface area contributed by atoms with Crippen LogP contribution in [0, 0.1) is 0 Å². The van der Waals surface area contributed by atoms with E-state index in [1.54, 1.807) is 24.3 Å². The summed E-state index contributed by atoms with van der Waals surface area (Å²) in [6.45, 7) is 0. The van der Waals surface area contributed by atoms with E-state index in [2.05, 4.69) is 15.5 Å². The number of nitrogens with one attached hydrogen (secondary N) is 1. The SMILES string of the molecule is FC(F)(F)c1csc(NN=Cc2ccccc2Cl)n1. The molecule has 2 aromatic rings. The summed E-state index contributed by atoms with van der Waals surface area (Å²) in [5, 5.41) is 5.28. The summed E-state index contributed by atoms with van der Waals surface area (Å²) in [5.41, 5.74) is 2.15. The number of benzene rings is 1. The van der Waals surface area contributed by atoms with Crippen LogP contribution in [0.15, 0.2) is 34.7 Å². The van der Waals surface area contributed by atoms with E-state index in [1.807, 2.05) is 0 Å². The molecule has 0 radical (unpaired) electrons. The minimum atomic E-state index is -4.44. The molecule has 1 heterocycles. The van der Waals surface area contributed by atoms with Gasteiger partial charge >= 0.3 is 6.18 Å². The average molecular weight is 306 g/mol. The summed E-state index contributed by atoms with van der Waals surface area (Å²) < 4.78 is 36.9. The van der Waals surface area contributed by atoms with Crippen molar-refractivity contribution < 1.29 is 13.2 Å². The fourth-order valence-electron chi connectivity index (χ4n) is 1.19. The van der Waals surface area contributed by atoms with E-state index in [1.165, 1.54) is 6.21 Å². The molecular weight excluding hydrogens is 299 g/mol. The Hall–Kier alpha value is -1.60. The number of aromatic nitrogens is 1. The maximum absolute atomic E-state index is 12.3. The van der Waals surface area contributed by atoms with Crippen LogP contribution in [0.1, 0.15) is 11.3 Å². The van der Waals surface area contributed by atoms with Crippen molar-refractivity contribution >= 4 is 34.3 Å². The van der Waals surface area contributed by atoms with Gasteiger partial charge in [-0.05, 0) is 6.07 Å². The molecule has 19 heavy (non-hydrogen) atoms. The smallest absolute Gasteiger partial charge is 0.253 e. The van der Waals surface area contributed by atoms with Gasteiger partial charge < -0.3 is 0 Å². The minimum absolute atomic E-state index is 0.0654. The summed E-state index contributed by atoms with van der Waals surface area (Å²) in [4.78, 5) is 3.37. The zero-order chi connectivity index (χ0) is 13.9. The van der Waals surface area contributed by atoms with Gasteiger partial charge in [-0.1, -0.05) is 29.8 Å². The molecule has 1 aromatic carbocycles. The lowest BCUT2D eigenvalue weighted by molar-refractivity contribution is -0.140. The van der Waals surface area contributed by atoms with Crippen molar-refractivity contribution in [3.8, 4) is 0 Å². The predicted octanol–water partition coefficient (Wildman–Crippen LogP) is 4.26. The van der Waals surface area contributed by atoms with Crippen molar-refractivity contribution in [2.45, 2.75) is 6.18 Å². The molecule has 0 unspecified atom stereocenters. The lowest BCUT2D eigenvalue weighted by Gasteiger charge is -1.99. The summed E-state index contributed by atoms with van der Waals surface area (Å²) in [5.74, 6) is 0. The number of thiazole rings is 1. The van der Waals surface area contributed by atoms with Crippen molar-refractivity contribution in [2.24, 2.45) is 5.10 Å².